The monoisotopic (exact) mass is 502 g/mol. The lowest BCUT2D eigenvalue weighted by Gasteiger charge is -2.41. The summed E-state index contributed by atoms with van der Waals surface area (Å²) < 4.78 is 0. The number of rotatable bonds is 16. The van der Waals surface area contributed by atoms with Gasteiger partial charge in [0, 0.05) is 5.25 Å². The van der Waals surface area contributed by atoms with Crippen LogP contribution in [0.3, 0.4) is 0 Å². The molecule has 6 heteroatoms. The van der Waals surface area contributed by atoms with Crippen LogP contribution in [0.1, 0.15) is 119 Å². The minimum absolute atomic E-state index is 0.206. The van der Waals surface area contributed by atoms with Crippen LogP contribution >= 0.6 is 12.6 Å². The van der Waals surface area contributed by atoms with Crippen LogP contribution in [0.5, 0.6) is 0 Å². The number of carboxylic acid groups (broad SMARTS) is 1. The van der Waals surface area contributed by atoms with Gasteiger partial charge >= 0.3 is 5.97 Å². The van der Waals surface area contributed by atoms with Crippen molar-refractivity contribution in [3.63, 3.8) is 0 Å². The molecule has 34 heavy (non-hydrogen) atoms. The zero-order chi connectivity index (χ0) is 26.1. The standard InChI is InChI=1S/C28H54O5S/c1-19(12-13-23-18-24(29)21(3)22(4)25(23)34)10-7-14-27(5,32)16-9-17-28(6,33)15-8-11-20(2)26(30)31/h19-25,29,32-34H,7-18H2,1-6H3,(H,30,31). The van der Waals surface area contributed by atoms with E-state index in [0.717, 1.165) is 44.9 Å². The number of carboxylic acids is 1. The van der Waals surface area contributed by atoms with E-state index in [9.17, 15) is 20.1 Å². The molecule has 9 unspecified atom stereocenters. The summed E-state index contributed by atoms with van der Waals surface area (Å²) in [7, 11) is 0. The highest BCUT2D eigenvalue weighted by Crippen LogP contribution is 2.40. The van der Waals surface area contributed by atoms with Crippen LogP contribution in [0, 0.1) is 29.6 Å². The van der Waals surface area contributed by atoms with Gasteiger partial charge in [-0.2, -0.15) is 12.6 Å². The molecule has 0 heterocycles. The lowest BCUT2D eigenvalue weighted by Crippen LogP contribution is -2.41. The fraction of sp³-hybridized carbons (Fsp3) is 0.964. The fourth-order valence-corrected chi connectivity index (χ4v) is 6.07. The second kappa shape index (κ2) is 14.4. The molecule has 0 amide bonds. The van der Waals surface area contributed by atoms with Crippen molar-refractivity contribution in [3.05, 3.63) is 0 Å². The number of hydrogen-bond acceptors (Lipinski definition) is 5. The molecular formula is C28H54O5S. The first kappa shape index (κ1) is 31.7. The number of thiol groups is 1. The summed E-state index contributed by atoms with van der Waals surface area (Å²) >= 11 is 4.86. The smallest absolute Gasteiger partial charge is 0.306 e. The van der Waals surface area contributed by atoms with Crippen LogP contribution in [0.25, 0.3) is 0 Å². The predicted molar refractivity (Wildman–Crippen MR) is 143 cm³/mol. The highest BCUT2D eigenvalue weighted by atomic mass is 32.1. The van der Waals surface area contributed by atoms with E-state index < -0.39 is 17.2 Å². The summed E-state index contributed by atoms with van der Waals surface area (Å²) in [6.07, 6.45) is 9.67. The third-order valence-electron chi connectivity index (χ3n) is 8.65. The van der Waals surface area contributed by atoms with Crippen LogP contribution in [0.2, 0.25) is 0 Å². The van der Waals surface area contributed by atoms with Crippen molar-refractivity contribution in [2.24, 2.45) is 29.6 Å². The Hall–Kier alpha value is -0.300. The van der Waals surface area contributed by atoms with Gasteiger partial charge in [-0.15, -0.1) is 0 Å². The SMILES string of the molecule is CC(CCCC(C)(O)CCCC(C)(O)CCCC(C)C(=O)O)CCC1CC(O)C(C)C(C)C1S. The number of aliphatic hydroxyl groups excluding tert-OH is 1. The normalized spacial score (nSPS) is 30.8. The minimum Gasteiger partial charge on any atom is -0.481 e. The molecule has 0 aromatic carbocycles. The quantitative estimate of drug-likeness (QED) is 0.165. The Balaban J connectivity index is 2.25. The Labute approximate surface area is 214 Å². The summed E-state index contributed by atoms with van der Waals surface area (Å²) in [5, 5.41) is 41.1. The molecule has 0 bridgehead atoms. The zero-order valence-corrected chi connectivity index (χ0v) is 23.6. The average molecular weight is 503 g/mol. The molecular weight excluding hydrogens is 448 g/mol. The molecule has 0 aliphatic heterocycles. The first-order chi connectivity index (χ1) is 15.6. The van der Waals surface area contributed by atoms with Crippen molar-refractivity contribution in [1.82, 2.24) is 0 Å². The first-order valence-corrected chi connectivity index (χ1v) is 14.2. The second-order valence-electron chi connectivity index (χ2n) is 12.3. The molecule has 1 saturated carbocycles. The molecule has 0 saturated heterocycles. The van der Waals surface area contributed by atoms with Crippen LogP contribution < -0.4 is 0 Å². The Morgan fingerprint density at radius 1 is 0.912 bits per heavy atom. The molecule has 9 atom stereocenters. The van der Waals surface area contributed by atoms with Crippen molar-refractivity contribution < 1.29 is 25.2 Å². The van der Waals surface area contributed by atoms with Gasteiger partial charge in [0.1, 0.15) is 0 Å². The molecule has 5 nitrogen and oxygen atoms in total. The molecule has 202 valence electrons. The lowest BCUT2D eigenvalue weighted by atomic mass is 9.71. The predicted octanol–water partition coefficient (Wildman–Crippen LogP) is 6.09. The van der Waals surface area contributed by atoms with E-state index >= 15 is 0 Å². The molecule has 0 aromatic heterocycles. The highest BCUT2D eigenvalue weighted by molar-refractivity contribution is 7.81. The van der Waals surface area contributed by atoms with E-state index in [4.69, 9.17) is 17.7 Å². The largest absolute Gasteiger partial charge is 0.481 e. The molecule has 1 aliphatic rings. The maximum atomic E-state index is 10.9. The van der Waals surface area contributed by atoms with E-state index in [-0.39, 0.29) is 12.0 Å². The Bertz CT molecular complexity index is 593. The summed E-state index contributed by atoms with van der Waals surface area (Å²) in [6, 6.07) is 0. The Morgan fingerprint density at radius 2 is 1.41 bits per heavy atom. The van der Waals surface area contributed by atoms with E-state index in [0.29, 0.717) is 61.0 Å². The summed E-state index contributed by atoms with van der Waals surface area (Å²) in [5.74, 6) is 0.680. The minimum atomic E-state index is -0.810. The van der Waals surface area contributed by atoms with Gasteiger partial charge < -0.3 is 20.4 Å². The van der Waals surface area contributed by atoms with Gasteiger partial charge in [-0.1, -0.05) is 47.0 Å². The van der Waals surface area contributed by atoms with Crippen molar-refractivity contribution in [1.29, 1.82) is 0 Å². The van der Waals surface area contributed by atoms with Crippen molar-refractivity contribution in [2.45, 2.75) is 141 Å². The van der Waals surface area contributed by atoms with Crippen LogP contribution in [0.4, 0.5) is 0 Å². The lowest BCUT2D eigenvalue weighted by molar-refractivity contribution is -0.141. The molecule has 4 N–H and O–H groups in total. The maximum Gasteiger partial charge on any atom is 0.306 e. The van der Waals surface area contributed by atoms with Gasteiger partial charge in [-0.3, -0.25) is 4.79 Å². The number of hydrogen-bond donors (Lipinski definition) is 5. The van der Waals surface area contributed by atoms with Crippen molar-refractivity contribution in [3.8, 4) is 0 Å². The summed E-state index contributed by atoms with van der Waals surface area (Å²) in [6.45, 7) is 12.1. The third-order valence-corrected chi connectivity index (χ3v) is 9.54. The molecule has 0 radical (unpaired) electrons. The summed E-state index contributed by atoms with van der Waals surface area (Å²) in [5.41, 5.74) is -1.53. The number of carbonyl (C=O) groups is 1. The number of aliphatic carboxylic acids is 1. The molecule has 1 fully saturated rings. The van der Waals surface area contributed by atoms with Gasteiger partial charge in [0.25, 0.3) is 0 Å². The van der Waals surface area contributed by atoms with Gasteiger partial charge in [-0.25, -0.2) is 0 Å². The van der Waals surface area contributed by atoms with E-state index in [2.05, 4.69) is 20.8 Å². The van der Waals surface area contributed by atoms with Crippen molar-refractivity contribution in [2.75, 3.05) is 0 Å². The van der Waals surface area contributed by atoms with E-state index in [1.54, 1.807) is 6.92 Å². The topological polar surface area (TPSA) is 98.0 Å². The van der Waals surface area contributed by atoms with Crippen LogP contribution in [-0.4, -0.2) is 49.0 Å². The fourth-order valence-electron chi connectivity index (χ4n) is 5.53. The van der Waals surface area contributed by atoms with E-state index in [1.165, 1.54) is 0 Å². The van der Waals surface area contributed by atoms with Crippen LogP contribution in [-0.2, 0) is 4.79 Å². The highest BCUT2D eigenvalue weighted by Gasteiger charge is 2.37. The van der Waals surface area contributed by atoms with Crippen LogP contribution in [0.15, 0.2) is 0 Å². The average Bonchev–Trinajstić information content (AvgIpc) is 2.73. The summed E-state index contributed by atoms with van der Waals surface area (Å²) in [4.78, 5) is 10.9. The van der Waals surface area contributed by atoms with Gasteiger partial charge in [0.2, 0.25) is 0 Å². The maximum absolute atomic E-state index is 10.9. The third kappa shape index (κ3) is 11.6. The molecule has 1 rings (SSSR count). The van der Waals surface area contributed by atoms with Gasteiger partial charge in [-0.05, 0) is 95.3 Å². The Morgan fingerprint density at radius 3 is 1.94 bits per heavy atom. The second-order valence-corrected chi connectivity index (χ2v) is 12.9. The van der Waals surface area contributed by atoms with Crippen molar-refractivity contribution >= 4 is 18.6 Å². The zero-order valence-electron chi connectivity index (χ0n) is 22.7. The number of aliphatic hydroxyl groups is 3. The Kier molecular flexibility index (Phi) is 13.5. The van der Waals surface area contributed by atoms with Gasteiger partial charge in [0.05, 0.1) is 23.2 Å². The molecule has 0 aromatic rings. The van der Waals surface area contributed by atoms with Gasteiger partial charge in [0.15, 0.2) is 0 Å². The molecule has 0 spiro atoms. The molecule has 1 aliphatic carbocycles. The van der Waals surface area contributed by atoms with E-state index in [1.807, 2.05) is 13.8 Å². The first-order valence-electron chi connectivity index (χ1n) is 13.7.